The SMILES string of the molecule is C[C@@H](OC(=O)N1CCN(C(=O)O[C@H](C)OC2Cc3ccccc3C2)CC1)OC1Cc2ccccc2C1. The lowest BCUT2D eigenvalue weighted by Crippen LogP contribution is -2.51. The summed E-state index contributed by atoms with van der Waals surface area (Å²) < 4.78 is 23.0. The van der Waals surface area contributed by atoms with Crippen molar-refractivity contribution in [1.82, 2.24) is 9.80 Å². The van der Waals surface area contributed by atoms with Crippen LogP contribution in [0.3, 0.4) is 0 Å². The average Bonchev–Trinajstić information content (AvgIpc) is 3.46. The summed E-state index contributed by atoms with van der Waals surface area (Å²) in [5, 5.41) is 0. The normalized spacial score (nSPS) is 19.5. The number of carbonyl (C=O) groups is 2. The maximum Gasteiger partial charge on any atom is 0.412 e. The van der Waals surface area contributed by atoms with Crippen LogP contribution in [-0.4, -0.2) is 73.0 Å². The van der Waals surface area contributed by atoms with Gasteiger partial charge in [-0.1, -0.05) is 48.5 Å². The Hall–Kier alpha value is -3.10. The fourth-order valence-electron chi connectivity index (χ4n) is 5.33. The number of hydrogen-bond donors (Lipinski definition) is 0. The van der Waals surface area contributed by atoms with E-state index in [0.29, 0.717) is 26.2 Å². The van der Waals surface area contributed by atoms with Crippen LogP contribution in [0.15, 0.2) is 48.5 Å². The molecule has 1 aliphatic heterocycles. The number of carbonyl (C=O) groups excluding carboxylic acids is 2. The van der Waals surface area contributed by atoms with Crippen molar-refractivity contribution < 1.29 is 28.5 Å². The van der Waals surface area contributed by atoms with Crippen LogP contribution in [0.25, 0.3) is 0 Å². The van der Waals surface area contributed by atoms with E-state index in [0.717, 1.165) is 25.7 Å². The van der Waals surface area contributed by atoms with Crippen LogP contribution in [-0.2, 0) is 44.6 Å². The molecule has 0 N–H and O–H groups in total. The van der Waals surface area contributed by atoms with E-state index in [4.69, 9.17) is 18.9 Å². The molecule has 0 spiro atoms. The molecule has 2 aromatic carbocycles. The van der Waals surface area contributed by atoms with Gasteiger partial charge in [-0.2, -0.15) is 0 Å². The molecule has 1 heterocycles. The van der Waals surface area contributed by atoms with Crippen molar-refractivity contribution in [1.29, 1.82) is 0 Å². The highest BCUT2D eigenvalue weighted by molar-refractivity contribution is 5.70. The van der Waals surface area contributed by atoms with Crippen molar-refractivity contribution in [2.24, 2.45) is 0 Å². The van der Waals surface area contributed by atoms with Crippen LogP contribution in [0.5, 0.6) is 0 Å². The topological polar surface area (TPSA) is 77.5 Å². The molecule has 0 bridgehead atoms. The Kier molecular flexibility index (Phi) is 7.43. The molecule has 1 fully saturated rings. The third kappa shape index (κ3) is 5.82. The molecule has 5 rings (SSSR count). The first-order valence-corrected chi connectivity index (χ1v) is 12.8. The highest BCUT2D eigenvalue weighted by Gasteiger charge is 2.30. The van der Waals surface area contributed by atoms with Crippen LogP contribution in [0.4, 0.5) is 9.59 Å². The second kappa shape index (κ2) is 10.9. The first-order chi connectivity index (χ1) is 17.4. The van der Waals surface area contributed by atoms with Crippen molar-refractivity contribution in [2.75, 3.05) is 26.2 Å². The molecule has 36 heavy (non-hydrogen) atoms. The summed E-state index contributed by atoms with van der Waals surface area (Å²) in [6.07, 6.45) is 1.21. The molecule has 2 atom stereocenters. The number of rotatable bonds is 6. The molecular formula is C28H34N2O6. The number of amides is 2. The fraction of sp³-hybridized carbons (Fsp3) is 0.500. The van der Waals surface area contributed by atoms with Crippen LogP contribution in [0.1, 0.15) is 36.1 Å². The molecule has 8 heteroatoms. The van der Waals surface area contributed by atoms with E-state index in [-0.39, 0.29) is 12.2 Å². The number of benzene rings is 2. The van der Waals surface area contributed by atoms with E-state index in [1.54, 1.807) is 23.6 Å². The lowest BCUT2D eigenvalue weighted by Gasteiger charge is -2.34. The molecule has 192 valence electrons. The zero-order valence-electron chi connectivity index (χ0n) is 20.9. The smallest absolute Gasteiger partial charge is 0.412 e. The van der Waals surface area contributed by atoms with Gasteiger partial charge in [0.2, 0.25) is 12.6 Å². The lowest BCUT2D eigenvalue weighted by atomic mass is 10.1. The van der Waals surface area contributed by atoms with Gasteiger partial charge in [-0.3, -0.25) is 0 Å². The summed E-state index contributed by atoms with van der Waals surface area (Å²) in [4.78, 5) is 28.4. The Labute approximate surface area is 212 Å². The van der Waals surface area contributed by atoms with Gasteiger partial charge in [0.15, 0.2) is 0 Å². The summed E-state index contributed by atoms with van der Waals surface area (Å²) in [7, 11) is 0. The maximum atomic E-state index is 12.6. The van der Waals surface area contributed by atoms with Gasteiger partial charge in [-0.15, -0.1) is 0 Å². The van der Waals surface area contributed by atoms with Gasteiger partial charge >= 0.3 is 12.2 Å². The van der Waals surface area contributed by atoms with Crippen molar-refractivity contribution in [3.63, 3.8) is 0 Å². The molecule has 8 nitrogen and oxygen atoms in total. The maximum absolute atomic E-state index is 12.6. The van der Waals surface area contributed by atoms with E-state index in [9.17, 15) is 9.59 Å². The van der Waals surface area contributed by atoms with Gasteiger partial charge in [0, 0.05) is 26.2 Å². The molecule has 0 unspecified atom stereocenters. The summed E-state index contributed by atoms with van der Waals surface area (Å²) in [5.41, 5.74) is 5.16. The molecule has 2 aliphatic carbocycles. The van der Waals surface area contributed by atoms with E-state index in [2.05, 4.69) is 24.3 Å². The Balaban J connectivity index is 1.00. The summed E-state index contributed by atoms with van der Waals surface area (Å²) in [6, 6.07) is 16.6. The number of piperazine rings is 1. The largest absolute Gasteiger partial charge is 0.420 e. The zero-order chi connectivity index (χ0) is 25.1. The third-order valence-corrected chi connectivity index (χ3v) is 7.12. The first kappa shape index (κ1) is 24.6. The summed E-state index contributed by atoms with van der Waals surface area (Å²) in [6.45, 7) is 5.01. The summed E-state index contributed by atoms with van der Waals surface area (Å²) >= 11 is 0. The molecule has 2 aromatic rings. The molecule has 3 aliphatic rings. The quantitative estimate of drug-likeness (QED) is 0.567. The van der Waals surface area contributed by atoms with Gasteiger partial charge in [-0.05, 0) is 61.8 Å². The second-order valence-electron chi connectivity index (χ2n) is 9.75. The standard InChI is InChI=1S/C28H34N2O6/c1-19(33-25-15-21-7-3-4-8-22(21)16-25)35-27(31)29-11-13-30(14-12-29)28(32)36-20(2)34-26-17-23-9-5-6-10-24(23)18-26/h3-10,19-20,25-26H,11-18H2,1-2H3/t19-,20-/m1/s1. The Bertz CT molecular complexity index is 948. The minimum absolute atomic E-state index is 0.0134. The third-order valence-electron chi connectivity index (χ3n) is 7.12. The minimum Gasteiger partial charge on any atom is -0.420 e. The molecule has 1 saturated heterocycles. The molecule has 0 saturated carbocycles. The van der Waals surface area contributed by atoms with E-state index >= 15 is 0 Å². The lowest BCUT2D eigenvalue weighted by molar-refractivity contribution is -0.135. The fourth-order valence-corrected chi connectivity index (χ4v) is 5.33. The zero-order valence-corrected chi connectivity index (χ0v) is 20.9. The molecular weight excluding hydrogens is 460 g/mol. The van der Waals surface area contributed by atoms with Crippen LogP contribution < -0.4 is 0 Å². The minimum atomic E-state index is -0.639. The predicted octanol–water partition coefficient (Wildman–Crippen LogP) is 3.94. The monoisotopic (exact) mass is 494 g/mol. The number of hydrogen-bond acceptors (Lipinski definition) is 6. The van der Waals surface area contributed by atoms with Crippen molar-refractivity contribution >= 4 is 12.2 Å². The van der Waals surface area contributed by atoms with Gasteiger partial charge < -0.3 is 28.7 Å². The molecule has 0 radical (unpaired) electrons. The van der Waals surface area contributed by atoms with Gasteiger partial charge in [0.25, 0.3) is 0 Å². The number of fused-ring (bicyclic) bond motifs is 2. The Morgan fingerprint density at radius 1 is 0.639 bits per heavy atom. The van der Waals surface area contributed by atoms with E-state index < -0.39 is 24.8 Å². The van der Waals surface area contributed by atoms with Crippen molar-refractivity contribution in [3.8, 4) is 0 Å². The second-order valence-corrected chi connectivity index (χ2v) is 9.75. The number of nitrogens with zero attached hydrogens (tertiary/aromatic N) is 2. The highest BCUT2D eigenvalue weighted by atomic mass is 16.7. The van der Waals surface area contributed by atoms with Gasteiger partial charge in [0.1, 0.15) is 0 Å². The van der Waals surface area contributed by atoms with Gasteiger partial charge in [-0.25, -0.2) is 9.59 Å². The van der Waals surface area contributed by atoms with Crippen LogP contribution in [0.2, 0.25) is 0 Å². The van der Waals surface area contributed by atoms with Gasteiger partial charge in [0.05, 0.1) is 12.2 Å². The number of ether oxygens (including phenoxy) is 4. The average molecular weight is 495 g/mol. The highest BCUT2D eigenvalue weighted by Crippen LogP contribution is 2.26. The Morgan fingerprint density at radius 3 is 1.25 bits per heavy atom. The molecule has 2 amide bonds. The molecule has 0 aromatic heterocycles. The van der Waals surface area contributed by atoms with E-state index in [1.165, 1.54) is 22.3 Å². The van der Waals surface area contributed by atoms with Crippen LogP contribution >= 0.6 is 0 Å². The Morgan fingerprint density at radius 2 is 0.944 bits per heavy atom. The first-order valence-electron chi connectivity index (χ1n) is 12.8. The van der Waals surface area contributed by atoms with Crippen molar-refractivity contribution in [3.05, 3.63) is 70.8 Å². The van der Waals surface area contributed by atoms with Crippen LogP contribution in [0, 0.1) is 0 Å². The predicted molar refractivity (Wildman–Crippen MR) is 132 cm³/mol. The van der Waals surface area contributed by atoms with Crippen molar-refractivity contribution in [2.45, 2.75) is 64.3 Å². The summed E-state index contributed by atoms with van der Waals surface area (Å²) in [5.74, 6) is 0. The van der Waals surface area contributed by atoms with E-state index in [1.807, 2.05) is 24.3 Å².